The van der Waals surface area contributed by atoms with Crippen LogP contribution >= 0.6 is 11.3 Å². The summed E-state index contributed by atoms with van der Waals surface area (Å²) in [5.74, 6) is -0.860. The molecule has 0 spiro atoms. The van der Waals surface area contributed by atoms with Gasteiger partial charge in [-0.1, -0.05) is 0 Å². The van der Waals surface area contributed by atoms with E-state index < -0.39 is 5.97 Å². The van der Waals surface area contributed by atoms with Gasteiger partial charge >= 0.3 is 11.7 Å². The van der Waals surface area contributed by atoms with Crippen molar-refractivity contribution in [3.8, 4) is 0 Å². The molecule has 106 valence electrons. The molecule has 0 saturated heterocycles. The average Bonchev–Trinajstić information content (AvgIpc) is 2.86. The maximum atomic E-state index is 12.0. The highest BCUT2D eigenvalue weighted by molar-refractivity contribution is 7.09. The molecule has 1 N–H and O–H groups in total. The van der Waals surface area contributed by atoms with Crippen LogP contribution in [0.25, 0.3) is 0 Å². The Hall–Kier alpha value is -2.02. The Morgan fingerprint density at radius 1 is 1.45 bits per heavy atom. The van der Waals surface area contributed by atoms with Gasteiger partial charge in [-0.2, -0.15) is 4.98 Å². The maximum Gasteiger partial charge on any atom is 0.348 e. The van der Waals surface area contributed by atoms with E-state index >= 15 is 0 Å². The largest absolute Gasteiger partial charge is 0.481 e. The molecule has 0 aliphatic carbocycles. The standard InChI is InChI=1S/C13H15N3O3S/c1-8-10(3-4-12(17)18)9(2)16(13(19)15-8)7-11-14-5-6-20-11/h5-6H,3-4,7H2,1-2H3,(H,17,18). The summed E-state index contributed by atoms with van der Waals surface area (Å²) in [5, 5.41) is 11.5. The molecular weight excluding hydrogens is 278 g/mol. The molecule has 20 heavy (non-hydrogen) atoms. The van der Waals surface area contributed by atoms with Crippen LogP contribution < -0.4 is 5.69 Å². The molecule has 0 saturated carbocycles. The highest BCUT2D eigenvalue weighted by Crippen LogP contribution is 2.14. The lowest BCUT2D eigenvalue weighted by Crippen LogP contribution is -2.28. The first-order valence-corrected chi connectivity index (χ1v) is 7.04. The van der Waals surface area contributed by atoms with Crippen molar-refractivity contribution in [3.63, 3.8) is 0 Å². The van der Waals surface area contributed by atoms with E-state index in [4.69, 9.17) is 5.11 Å². The van der Waals surface area contributed by atoms with Crippen LogP contribution in [0.4, 0.5) is 0 Å². The number of nitrogens with zero attached hydrogens (tertiary/aromatic N) is 3. The normalized spacial score (nSPS) is 10.7. The van der Waals surface area contributed by atoms with Crippen molar-refractivity contribution in [1.82, 2.24) is 14.5 Å². The molecule has 2 rings (SSSR count). The van der Waals surface area contributed by atoms with Crippen molar-refractivity contribution in [2.45, 2.75) is 33.2 Å². The minimum atomic E-state index is -0.860. The van der Waals surface area contributed by atoms with E-state index in [-0.39, 0.29) is 12.1 Å². The second-order valence-electron chi connectivity index (χ2n) is 4.45. The quantitative estimate of drug-likeness (QED) is 0.900. The summed E-state index contributed by atoms with van der Waals surface area (Å²) in [6, 6.07) is 0. The fraction of sp³-hybridized carbons (Fsp3) is 0.385. The molecule has 2 aromatic heterocycles. The van der Waals surface area contributed by atoms with Gasteiger partial charge in [0.15, 0.2) is 0 Å². The number of carbonyl (C=O) groups is 1. The fourth-order valence-corrected chi connectivity index (χ4v) is 2.69. The number of aryl methyl sites for hydroxylation is 1. The predicted octanol–water partition coefficient (Wildman–Crippen LogP) is 1.38. The first-order valence-electron chi connectivity index (χ1n) is 6.16. The number of hydrogen-bond acceptors (Lipinski definition) is 5. The maximum absolute atomic E-state index is 12.0. The molecule has 0 bridgehead atoms. The number of rotatable bonds is 5. The third-order valence-electron chi connectivity index (χ3n) is 3.14. The van der Waals surface area contributed by atoms with Gasteiger partial charge < -0.3 is 5.11 Å². The van der Waals surface area contributed by atoms with Crippen LogP contribution in [0.3, 0.4) is 0 Å². The zero-order chi connectivity index (χ0) is 14.7. The minimum absolute atomic E-state index is 0.0266. The third kappa shape index (κ3) is 3.11. The zero-order valence-electron chi connectivity index (χ0n) is 11.3. The van der Waals surface area contributed by atoms with Gasteiger partial charge in [-0.05, 0) is 25.8 Å². The summed E-state index contributed by atoms with van der Waals surface area (Å²) in [4.78, 5) is 30.8. The van der Waals surface area contributed by atoms with E-state index in [1.54, 1.807) is 17.7 Å². The van der Waals surface area contributed by atoms with Gasteiger partial charge in [-0.25, -0.2) is 9.78 Å². The van der Waals surface area contributed by atoms with Crippen molar-refractivity contribution in [3.05, 3.63) is 44.0 Å². The molecule has 7 heteroatoms. The minimum Gasteiger partial charge on any atom is -0.481 e. The van der Waals surface area contributed by atoms with E-state index in [1.807, 2.05) is 12.3 Å². The lowest BCUT2D eigenvalue weighted by atomic mass is 10.1. The van der Waals surface area contributed by atoms with Crippen LogP contribution in [0.5, 0.6) is 0 Å². The molecule has 0 aliphatic heterocycles. The summed E-state index contributed by atoms with van der Waals surface area (Å²) in [6.45, 7) is 3.93. The van der Waals surface area contributed by atoms with Crippen molar-refractivity contribution in [2.75, 3.05) is 0 Å². The Labute approximate surface area is 119 Å². The SMILES string of the molecule is Cc1nc(=O)n(Cc2nccs2)c(C)c1CCC(=O)O. The predicted molar refractivity (Wildman–Crippen MR) is 75.1 cm³/mol. The van der Waals surface area contributed by atoms with Gasteiger partial charge in [0.1, 0.15) is 5.01 Å². The topological polar surface area (TPSA) is 85.1 Å². The Kier molecular flexibility index (Phi) is 4.29. The van der Waals surface area contributed by atoms with Gasteiger partial charge in [-0.3, -0.25) is 9.36 Å². The second-order valence-corrected chi connectivity index (χ2v) is 5.43. The molecule has 0 atom stereocenters. The molecule has 6 nitrogen and oxygen atoms in total. The number of carboxylic acid groups (broad SMARTS) is 1. The van der Waals surface area contributed by atoms with Crippen molar-refractivity contribution >= 4 is 17.3 Å². The smallest absolute Gasteiger partial charge is 0.348 e. The molecule has 2 aromatic rings. The average molecular weight is 293 g/mol. The number of hydrogen-bond donors (Lipinski definition) is 1. The van der Waals surface area contributed by atoms with Crippen LogP contribution in [0.1, 0.15) is 28.4 Å². The van der Waals surface area contributed by atoms with Crippen LogP contribution in [0.15, 0.2) is 16.4 Å². The van der Waals surface area contributed by atoms with Crippen molar-refractivity contribution in [2.24, 2.45) is 0 Å². The lowest BCUT2D eigenvalue weighted by Gasteiger charge is -2.14. The first-order chi connectivity index (χ1) is 9.49. The Balaban J connectivity index is 2.38. The molecular formula is C13H15N3O3S. The van der Waals surface area contributed by atoms with Crippen LogP contribution in [0, 0.1) is 13.8 Å². The van der Waals surface area contributed by atoms with Gasteiger partial charge in [0.2, 0.25) is 0 Å². The summed E-state index contributed by atoms with van der Waals surface area (Å²) in [7, 11) is 0. The summed E-state index contributed by atoms with van der Waals surface area (Å²) in [5.41, 5.74) is 1.86. The van der Waals surface area contributed by atoms with E-state index in [9.17, 15) is 9.59 Å². The van der Waals surface area contributed by atoms with Gasteiger partial charge in [0, 0.05) is 29.4 Å². The lowest BCUT2D eigenvalue weighted by molar-refractivity contribution is -0.136. The van der Waals surface area contributed by atoms with Crippen LogP contribution in [-0.4, -0.2) is 25.6 Å². The van der Waals surface area contributed by atoms with Crippen LogP contribution in [-0.2, 0) is 17.8 Å². The Bertz CT molecular complexity index is 677. The first kappa shape index (κ1) is 14.4. The third-order valence-corrected chi connectivity index (χ3v) is 3.90. The molecule has 0 amide bonds. The Morgan fingerprint density at radius 2 is 2.20 bits per heavy atom. The van der Waals surface area contributed by atoms with Gasteiger partial charge in [0.05, 0.1) is 6.54 Å². The molecule has 0 aliphatic rings. The van der Waals surface area contributed by atoms with Crippen LogP contribution in [0.2, 0.25) is 0 Å². The zero-order valence-corrected chi connectivity index (χ0v) is 12.1. The number of carboxylic acids is 1. The monoisotopic (exact) mass is 293 g/mol. The molecule has 0 unspecified atom stereocenters. The molecule has 0 aromatic carbocycles. The fourth-order valence-electron chi connectivity index (χ4n) is 2.09. The van der Waals surface area contributed by atoms with E-state index in [2.05, 4.69) is 9.97 Å². The molecule has 2 heterocycles. The van der Waals surface area contributed by atoms with E-state index in [0.717, 1.165) is 16.3 Å². The van der Waals surface area contributed by atoms with Gasteiger partial charge in [-0.15, -0.1) is 11.3 Å². The highest BCUT2D eigenvalue weighted by atomic mass is 32.1. The van der Waals surface area contributed by atoms with E-state index in [0.29, 0.717) is 18.7 Å². The number of aromatic nitrogens is 3. The summed E-state index contributed by atoms with van der Waals surface area (Å²) >= 11 is 1.47. The van der Waals surface area contributed by atoms with Gasteiger partial charge in [0.25, 0.3) is 0 Å². The summed E-state index contributed by atoms with van der Waals surface area (Å²) < 4.78 is 1.54. The van der Waals surface area contributed by atoms with E-state index in [1.165, 1.54) is 11.3 Å². The summed E-state index contributed by atoms with van der Waals surface area (Å²) in [6.07, 6.45) is 2.09. The second kappa shape index (κ2) is 5.96. The molecule has 0 radical (unpaired) electrons. The van der Waals surface area contributed by atoms with Crippen molar-refractivity contribution in [1.29, 1.82) is 0 Å². The Morgan fingerprint density at radius 3 is 2.80 bits per heavy atom. The number of thiazole rings is 1. The van der Waals surface area contributed by atoms with Crippen molar-refractivity contribution < 1.29 is 9.90 Å². The number of aliphatic carboxylic acids is 1. The molecule has 0 fully saturated rings. The highest BCUT2D eigenvalue weighted by Gasteiger charge is 2.13.